The Balaban J connectivity index is 1.87. The molecule has 0 aliphatic rings. The zero-order valence-electron chi connectivity index (χ0n) is 12.7. The van der Waals surface area contributed by atoms with E-state index in [1.165, 1.54) is 49.5 Å². The van der Waals surface area contributed by atoms with Gasteiger partial charge in [-0.2, -0.15) is 5.10 Å². The normalized spacial score (nSPS) is 11.9. The Morgan fingerprint density at radius 2 is 1.88 bits per heavy atom. The van der Waals surface area contributed by atoms with Crippen LogP contribution in [0.3, 0.4) is 0 Å². The minimum atomic E-state index is -0.830. The predicted octanol–water partition coefficient (Wildman–Crippen LogP) is 2.22. The summed E-state index contributed by atoms with van der Waals surface area (Å²) in [6.45, 7) is 1.53. The summed E-state index contributed by atoms with van der Waals surface area (Å²) in [6, 6.07) is 11.7. The van der Waals surface area contributed by atoms with Crippen LogP contribution in [0.1, 0.15) is 12.5 Å². The number of benzene rings is 2. The topological polar surface area (TPSA) is 114 Å². The number of aromatic hydroxyl groups is 1. The predicted molar refractivity (Wildman–Crippen MR) is 87.0 cm³/mol. The van der Waals surface area contributed by atoms with Crippen LogP contribution in [0, 0.1) is 10.1 Å². The molecule has 1 amide bonds. The molecule has 2 aromatic rings. The van der Waals surface area contributed by atoms with Crippen LogP contribution in [0.5, 0.6) is 11.5 Å². The first-order chi connectivity index (χ1) is 11.5. The molecule has 0 fully saturated rings. The number of phenolic OH excluding ortho intramolecular Hbond substituents is 1. The van der Waals surface area contributed by atoms with Crippen LogP contribution in [0.4, 0.5) is 5.69 Å². The number of nitro groups is 1. The third-order valence-corrected chi connectivity index (χ3v) is 3.01. The number of non-ortho nitro benzene ring substituents is 1. The van der Waals surface area contributed by atoms with E-state index >= 15 is 0 Å². The molecule has 0 aliphatic carbocycles. The van der Waals surface area contributed by atoms with Gasteiger partial charge in [0, 0.05) is 12.1 Å². The fourth-order valence-corrected chi connectivity index (χ4v) is 1.73. The molecule has 0 bridgehead atoms. The summed E-state index contributed by atoms with van der Waals surface area (Å²) in [6.07, 6.45) is 0.596. The molecule has 0 saturated carbocycles. The number of carbonyl (C=O) groups is 1. The van der Waals surface area contributed by atoms with Gasteiger partial charge in [0.15, 0.2) is 6.10 Å². The van der Waals surface area contributed by atoms with Gasteiger partial charge in [-0.15, -0.1) is 0 Å². The molecule has 0 radical (unpaired) electrons. The smallest absolute Gasteiger partial charge is 0.280 e. The third-order valence-electron chi connectivity index (χ3n) is 3.01. The Bertz CT molecular complexity index is 741. The fraction of sp³-hybridized carbons (Fsp3) is 0.125. The lowest BCUT2D eigenvalue weighted by atomic mass is 10.2. The SMILES string of the molecule is C[C@@H](Oc1ccc([N+](=O)[O-])cc1)C(=O)N/N=C\c1ccc(O)cc1. The number of nitrogens with one attached hydrogen (secondary N) is 1. The van der Waals surface area contributed by atoms with Crippen molar-refractivity contribution in [2.75, 3.05) is 0 Å². The Hall–Kier alpha value is -3.42. The largest absolute Gasteiger partial charge is 0.508 e. The van der Waals surface area contributed by atoms with Gasteiger partial charge in [0.2, 0.25) is 0 Å². The van der Waals surface area contributed by atoms with Gasteiger partial charge >= 0.3 is 0 Å². The Morgan fingerprint density at radius 3 is 2.46 bits per heavy atom. The lowest BCUT2D eigenvalue weighted by Crippen LogP contribution is -2.33. The third kappa shape index (κ3) is 4.80. The maximum Gasteiger partial charge on any atom is 0.280 e. The molecule has 0 unspecified atom stereocenters. The van der Waals surface area contributed by atoms with Gasteiger partial charge in [-0.3, -0.25) is 14.9 Å². The molecule has 124 valence electrons. The maximum atomic E-state index is 11.9. The van der Waals surface area contributed by atoms with E-state index in [1.54, 1.807) is 12.1 Å². The highest BCUT2D eigenvalue weighted by molar-refractivity contribution is 5.84. The van der Waals surface area contributed by atoms with Crippen molar-refractivity contribution in [3.63, 3.8) is 0 Å². The van der Waals surface area contributed by atoms with Crippen LogP contribution >= 0.6 is 0 Å². The molecule has 0 spiro atoms. The first-order valence-electron chi connectivity index (χ1n) is 6.99. The van der Waals surface area contributed by atoms with Crippen molar-refractivity contribution in [3.8, 4) is 11.5 Å². The van der Waals surface area contributed by atoms with Crippen LogP contribution in [0.2, 0.25) is 0 Å². The van der Waals surface area contributed by atoms with E-state index < -0.39 is 16.9 Å². The maximum absolute atomic E-state index is 11.9. The summed E-state index contributed by atoms with van der Waals surface area (Å²) < 4.78 is 5.39. The van der Waals surface area contributed by atoms with Gasteiger partial charge in [-0.25, -0.2) is 5.43 Å². The number of hydrogen-bond donors (Lipinski definition) is 2. The van der Waals surface area contributed by atoms with Gasteiger partial charge in [0.25, 0.3) is 11.6 Å². The molecule has 0 aromatic heterocycles. The lowest BCUT2D eigenvalue weighted by Gasteiger charge is -2.12. The van der Waals surface area contributed by atoms with Crippen molar-refractivity contribution < 1.29 is 19.6 Å². The summed E-state index contributed by atoms with van der Waals surface area (Å²) in [5, 5.41) is 23.5. The molecule has 2 N–H and O–H groups in total. The first kappa shape index (κ1) is 16.9. The minimum Gasteiger partial charge on any atom is -0.508 e. The molecule has 8 heteroatoms. The van der Waals surface area contributed by atoms with E-state index in [4.69, 9.17) is 9.84 Å². The highest BCUT2D eigenvalue weighted by atomic mass is 16.6. The van der Waals surface area contributed by atoms with Crippen molar-refractivity contribution in [3.05, 3.63) is 64.2 Å². The Kier molecular flexibility index (Phi) is 5.45. The number of hydrazone groups is 1. The summed E-state index contributed by atoms with van der Waals surface area (Å²) in [4.78, 5) is 21.9. The summed E-state index contributed by atoms with van der Waals surface area (Å²) in [5.41, 5.74) is 2.98. The monoisotopic (exact) mass is 329 g/mol. The molecule has 0 aliphatic heterocycles. The molecule has 2 rings (SSSR count). The molecule has 0 saturated heterocycles. The van der Waals surface area contributed by atoms with E-state index in [0.717, 1.165) is 0 Å². The zero-order valence-corrected chi connectivity index (χ0v) is 12.7. The van der Waals surface area contributed by atoms with Crippen LogP contribution in [-0.4, -0.2) is 28.3 Å². The van der Waals surface area contributed by atoms with Crippen molar-refractivity contribution >= 4 is 17.8 Å². The van der Waals surface area contributed by atoms with E-state index in [0.29, 0.717) is 11.3 Å². The Morgan fingerprint density at radius 1 is 1.25 bits per heavy atom. The minimum absolute atomic E-state index is 0.0575. The standard InChI is InChI=1S/C16H15N3O5/c1-11(24-15-8-4-13(5-9-15)19(22)23)16(21)18-17-10-12-2-6-14(20)7-3-12/h2-11,20H,1H3,(H,18,21)/b17-10-/t11-/m1/s1. The van der Waals surface area contributed by atoms with Gasteiger partial charge in [0.1, 0.15) is 11.5 Å². The summed E-state index contributed by atoms with van der Waals surface area (Å²) >= 11 is 0. The molecular formula is C16H15N3O5. The second-order valence-electron chi connectivity index (χ2n) is 4.84. The fourth-order valence-electron chi connectivity index (χ4n) is 1.73. The molecule has 2 aromatic carbocycles. The highest BCUT2D eigenvalue weighted by Gasteiger charge is 2.14. The molecular weight excluding hydrogens is 314 g/mol. The number of nitro benzene ring substituents is 1. The van der Waals surface area contributed by atoms with Crippen LogP contribution in [-0.2, 0) is 4.79 Å². The van der Waals surface area contributed by atoms with Crippen LogP contribution < -0.4 is 10.2 Å². The molecule has 1 atom stereocenters. The van der Waals surface area contributed by atoms with E-state index in [-0.39, 0.29) is 11.4 Å². The number of ether oxygens (including phenoxy) is 1. The summed E-state index contributed by atoms with van der Waals surface area (Å²) in [7, 11) is 0. The number of amides is 1. The second kappa shape index (κ2) is 7.73. The number of phenols is 1. The average molecular weight is 329 g/mol. The Labute approximate surface area is 137 Å². The van der Waals surface area contributed by atoms with E-state index in [9.17, 15) is 14.9 Å². The van der Waals surface area contributed by atoms with Gasteiger partial charge in [-0.1, -0.05) is 0 Å². The van der Waals surface area contributed by atoms with Crippen molar-refractivity contribution in [2.24, 2.45) is 5.10 Å². The quantitative estimate of drug-likeness (QED) is 0.479. The van der Waals surface area contributed by atoms with Gasteiger partial charge < -0.3 is 9.84 Å². The second-order valence-corrected chi connectivity index (χ2v) is 4.84. The molecule has 8 nitrogen and oxygen atoms in total. The van der Waals surface area contributed by atoms with Crippen molar-refractivity contribution in [1.82, 2.24) is 5.43 Å². The molecule has 24 heavy (non-hydrogen) atoms. The summed E-state index contributed by atoms with van der Waals surface area (Å²) in [5.74, 6) is 0.00968. The van der Waals surface area contributed by atoms with E-state index in [1.807, 2.05) is 0 Å². The first-order valence-corrected chi connectivity index (χ1v) is 6.99. The number of rotatable bonds is 6. The van der Waals surface area contributed by atoms with E-state index in [2.05, 4.69) is 10.5 Å². The van der Waals surface area contributed by atoms with Gasteiger partial charge in [0.05, 0.1) is 11.1 Å². The van der Waals surface area contributed by atoms with Crippen LogP contribution in [0.15, 0.2) is 53.6 Å². The van der Waals surface area contributed by atoms with Gasteiger partial charge in [-0.05, 0) is 48.9 Å². The zero-order chi connectivity index (χ0) is 17.5. The number of hydrogen-bond acceptors (Lipinski definition) is 6. The van der Waals surface area contributed by atoms with Crippen molar-refractivity contribution in [1.29, 1.82) is 0 Å². The lowest BCUT2D eigenvalue weighted by molar-refractivity contribution is -0.384. The number of nitrogens with zero attached hydrogens (tertiary/aromatic N) is 2. The highest BCUT2D eigenvalue weighted by Crippen LogP contribution is 2.18. The average Bonchev–Trinajstić information content (AvgIpc) is 2.57. The van der Waals surface area contributed by atoms with Crippen LogP contribution in [0.25, 0.3) is 0 Å². The number of carbonyl (C=O) groups excluding carboxylic acids is 1. The molecule has 0 heterocycles. The van der Waals surface area contributed by atoms with Crippen molar-refractivity contribution in [2.45, 2.75) is 13.0 Å².